The van der Waals surface area contributed by atoms with Crippen LogP contribution in [0.4, 0.5) is 14.5 Å². The normalized spacial score (nSPS) is 10.3. The van der Waals surface area contributed by atoms with Crippen LogP contribution in [0.5, 0.6) is 0 Å². The Labute approximate surface area is 115 Å². The first kappa shape index (κ1) is 14.0. The van der Waals surface area contributed by atoms with Crippen LogP contribution in [0.3, 0.4) is 0 Å². The number of hydrogen-bond donors (Lipinski definition) is 2. The molecule has 3 N–H and O–H groups in total. The molecule has 0 heterocycles. The molecule has 0 saturated heterocycles. The van der Waals surface area contributed by atoms with Crippen LogP contribution in [-0.2, 0) is 17.8 Å². The molecular formula is C15H14F2N2O. The van der Waals surface area contributed by atoms with E-state index in [2.05, 4.69) is 5.32 Å². The van der Waals surface area contributed by atoms with E-state index in [0.29, 0.717) is 5.69 Å². The molecule has 2 rings (SSSR count). The molecule has 0 aliphatic heterocycles. The van der Waals surface area contributed by atoms with Crippen molar-refractivity contribution in [3.05, 3.63) is 65.2 Å². The molecule has 3 nitrogen and oxygen atoms in total. The van der Waals surface area contributed by atoms with E-state index in [0.717, 1.165) is 17.7 Å². The lowest BCUT2D eigenvalue weighted by Crippen LogP contribution is -2.25. The van der Waals surface area contributed by atoms with Gasteiger partial charge in [0.2, 0.25) is 5.91 Å². The molecule has 0 aliphatic carbocycles. The summed E-state index contributed by atoms with van der Waals surface area (Å²) in [6.07, 6.45) is 0.161. The molecule has 0 aliphatic rings. The number of amides is 1. The van der Waals surface area contributed by atoms with Gasteiger partial charge in [-0.25, -0.2) is 8.78 Å². The van der Waals surface area contributed by atoms with Gasteiger partial charge in [0.1, 0.15) is 11.6 Å². The Balaban J connectivity index is 1.92. The number of carbonyl (C=O) groups is 1. The van der Waals surface area contributed by atoms with Gasteiger partial charge in [0, 0.05) is 23.9 Å². The minimum atomic E-state index is -0.672. The highest BCUT2D eigenvalue weighted by Gasteiger charge is 2.07. The fraction of sp³-hybridized carbons (Fsp3) is 0.133. The second-order valence-corrected chi connectivity index (χ2v) is 4.43. The molecule has 0 radical (unpaired) electrons. The quantitative estimate of drug-likeness (QED) is 0.843. The van der Waals surface area contributed by atoms with Gasteiger partial charge in [0.15, 0.2) is 0 Å². The number of hydrogen-bond acceptors (Lipinski definition) is 2. The van der Waals surface area contributed by atoms with Gasteiger partial charge < -0.3 is 11.1 Å². The maximum absolute atomic E-state index is 13.4. The van der Waals surface area contributed by atoms with Crippen LogP contribution < -0.4 is 11.1 Å². The number of nitrogens with two attached hydrogens (primary N) is 1. The number of nitrogen functional groups attached to an aromatic ring is 1. The zero-order chi connectivity index (χ0) is 14.5. The number of anilines is 1. The summed E-state index contributed by atoms with van der Waals surface area (Å²) >= 11 is 0. The molecule has 2 aromatic carbocycles. The average molecular weight is 276 g/mol. The third kappa shape index (κ3) is 3.78. The van der Waals surface area contributed by atoms with Gasteiger partial charge in [0.05, 0.1) is 6.42 Å². The third-order valence-electron chi connectivity index (χ3n) is 2.81. The van der Waals surface area contributed by atoms with Gasteiger partial charge in [-0.2, -0.15) is 0 Å². The number of rotatable bonds is 4. The van der Waals surface area contributed by atoms with Gasteiger partial charge in [-0.05, 0) is 23.8 Å². The predicted molar refractivity (Wildman–Crippen MR) is 72.8 cm³/mol. The summed E-state index contributed by atoms with van der Waals surface area (Å²) in [5.41, 5.74) is 7.22. The monoisotopic (exact) mass is 276 g/mol. The van der Waals surface area contributed by atoms with Crippen molar-refractivity contribution in [1.29, 1.82) is 0 Å². The third-order valence-corrected chi connectivity index (χ3v) is 2.81. The first-order valence-corrected chi connectivity index (χ1v) is 6.09. The smallest absolute Gasteiger partial charge is 0.224 e. The zero-order valence-corrected chi connectivity index (χ0v) is 10.7. The van der Waals surface area contributed by atoms with Crippen molar-refractivity contribution >= 4 is 11.6 Å². The Hall–Kier alpha value is -2.43. The lowest BCUT2D eigenvalue weighted by atomic mass is 10.1. The minimum Gasteiger partial charge on any atom is -0.399 e. The van der Waals surface area contributed by atoms with Crippen LogP contribution >= 0.6 is 0 Å². The SMILES string of the molecule is Nc1cccc(CC(=O)NCc2ccc(F)cc2F)c1. The van der Waals surface area contributed by atoms with Crippen LogP contribution in [-0.4, -0.2) is 5.91 Å². The van der Waals surface area contributed by atoms with E-state index >= 15 is 0 Å². The van der Waals surface area contributed by atoms with Crippen LogP contribution in [0.25, 0.3) is 0 Å². The van der Waals surface area contributed by atoms with E-state index in [4.69, 9.17) is 5.73 Å². The number of halogens is 2. The molecule has 0 bridgehead atoms. The zero-order valence-electron chi connectivity index (χ0n) is 10.7. The fourth-order valence-corrected chi connectivity index (χ4v) is 1.81. The first-order valence-electron chi connectivity index (χ1n) is 6.09. The molecule has 1 amide bonds. The fourth-order valence-electron chi connectivity index (χ4n) is 1.81. The number of carbonyl (C=O) groups excluding carboxylic acids is 1. The lowest BCUT2D eigenvalue weighted by Gasteiger charge is -2.07. The van der Waals surface area contributed by atoms with Crippen molar-refractivity contribution in [2.45, 2.75) is 13.0 Å². The topological polar surface area (TPSA) is 55.1 Å². The Morgan fingerprint density at radius 3 is 2.65 bits per heavy atom. The van der Waals surface area contributed by atoms with E-state index in [-0.39, 0.29) is 24.4 Å². The molecule has 0 aromatic heterocycles. The van der Waals surface area contributed by atoms with Crippen LogP contribution in [0.2, 0.25) is 0 Å². The summed E-state index contributed by atoms with van der Waals surface area (Å²) in [5.74, 6) is -1.56. The van der Waals surface area contributed by atoms with Crippen molar-refractivity contribution < 1.29 is 13.6 Å². The molecule has 104 valence electrons. The van der Waals surface area contributed by atoms with Gasteiger partial charge in [-0.3, -0.25) is 4.79 Å². The van der Waals surface area contributed by atoms with E-state index in [9.17, 15) is 13.6 Å². The molecule has 0 atom stereocenters. The van der Waals surface area contributed by atoms with Crippen LogP contribution in [0.15, 0.2) is 42.5 Å². The molecule has 0 saturated carbocycles. The van der Waals surface area contributed by atoms with Crippen molar-refractivity contribution in [1.82, 2.24) is 5.32 Å². The molecule has 0 fully saturated rings. The Morgan fingerprint density at radius 2 is 1.95 bits per heavy atom. The summed E-state index contributed by atoms with van der Waals surface area (Å²) in [7, 11) is 0. The maximum atomic E-state index is 13.4. The standard InChI is InChI=1S/C15H14F2N2O/c16-12-5-4-11(14(17)8-12)9-19-15(20)7-10-2-1-3-13(18)6-10/h1-6,8H,7,9,18H2,(H,19,20). The highest BCUT2D eigenvalue weighted by Crippen LogP contribution is 2.10. The summed E-state index contributed by atoms with van der Waals surface area (Å²) < 4.78 is 26.1. The first-order chi connectivity index (χ1) is 9.54. The minimum absolute atomic E-state index is 0.0211. The van der Waals surface area contributed by atoms with Gasteiger partial charge in [-0.15, -0.1) is 0 Å². The molecule has 0 spiro atoms. The van der Waals surface area contributed by atoms with Crippen LogP contribution in [0.1, 0.15) is 11.1 Å². The lowest BCUT2D eigenvalue weighted by molar-refractivity contribution is -0.120. The second-order valence-electron chi connectivity index (χ2n) is 4.43. The average Bonchev–Trinajstić information content (AvgIpc) is 2.37. The highest BCUT2D eigenvalue weighted by atomic mass is 19.1. The van der Waals surface area contributed by atoms with Crippen molar-refractivity contribution in [2.75, 3.05) is 5.73 Å². The Bertz CT molecular complexity index is 629. The number of nitrogens with one attached hydrogen (secondary N) is 1. The summed E-state index contributed by atoms with van der Waals surface area (Å²) in [6.45, 7) is 0.0211. The van der Waals surface area contributed by atoms with E-state index in [1.807, 2.05) is 0 Å². The molecular weight excluding hydrogens is 262 g/mol. The molecule has 0 unspecified atom stereocenters. The van der Waals surface area contributed by atoms with Crippen molar-refractivity contribution in [2.24, 2.45) is 0 Å². The second kappa shape index (κ2) is 6.14. The molecule has 2 aromatic rings. The van der Waals surface area contributed by atoms with Gasteiger partial charge in [-0.1, -0.05) is 18.2 Å². The highest BCUT2D eigenvalue weighted by molar-refractivity contribution is 5.78. The van der Waals surface area contributed by atoms with E-state index < -0.39 is 11.6 Å². The maximum Gasteiger partial charge on any atom is 0.224 e. The van der Waals surface area contributed by atoms with Gasteiger partial charge in [0.25, 0.3) is 0 Å². The Morgan fingerprint density at radius 1 is 1.15 bits per heavy atom. The molecule has 5 heteroatoms. The van der Waals surface area contributed by atoms with E-state index in [1.54, 1.807) is 24.3 Å². The van der Waals surface area contributed by atoms with Crippen LogP contribution in [0, 0.1) is 11.6 Å². The summed E-state index contributed by atoms with van der Waals surface area (Å²) in [5, 5.41) is 2.58. The van der Waals surface area contributed by atoms with Crippen molar-refractivity contribution in [3.63, 3.8) is 0 Å². The summed E-state index contributed by atoms with van der Waals surface area (Å²) in [4.78, 5) is 11.7. The summed E-state index contributed by atoms with van der Waals surface area (Å²) in [6, 6.07) is 10.2. The largest absolute Gasteiger partial charge is 0.399 e. The predicted octanol–water partition coefficient (Wildman–Crippen LogP) is 2.41. The molecule has 20 heavy (non-hydrogen) atoms. The van der Waals surface area contributed by atoms with Crippen molar-refractivity contribution in [3.8, 4) is 0 Å². The van der Waals surface area contributed by atoms with E-state index in [1.165, 1.54) is 6.07 Å². The number of benzene rings is 2. The van der Waals surface area contributed by atoms with Gasteiger partial charge >= 0.3 is 0 Å². The Kier molecular flexibility index (Phi) is 4.30.